The van der Waals surface area contributed by atoms with E-state index >= 15 is 0 Å². The normalized spacial score (nSPS) is 13.5. The molecule has 0 aliphatic carbocycles. The Morgan fingerprint density at radius 3 is 1.21 bits per heavy atom. The van der Waals surface area contributed by atoms with Crippen molar-refractivity contribution < 1.29 is 6.48 Å². The summed E-state index contributed by atoms with van der Waals surface area (Å²) >= 11 is 0. The molecule has 1 heteroatoms. The molecule has 0 saturated carbocycles. The summed E-state index contributed by atoms with van der Waals surface area (Å²) in [4.78, 5) is 0. The van der Waals surface area contributed by atoms with E-state index in [-0.39, 0.29) is 13.0 Å². The monoisotopic (exact) mass is 271 g/mol. The van der Waals surface area contributed by atoms with Gasteiger partial charge in [0.1, 0.15) is 0 Å². The van der Waals surface area contributed by atoms with Gasteiger partial charge in [0.15, 0.2) is 0 Å². The SMILES string of the molecule is [2H]C(CO)CCCCCCCCCCCCCCCC. The fourth-order valence-electron chi connectivity index (χ4n) is 2.57. The average Bonchev–Trinajstić information content (AvgIpc) is 2.47. The summed E-state index contributed by atoms with van der Waals surface area (Å²) in [6.07, 6.45) is 19.8. The van der Waals surface area contributed by atoms with Crippen LogP contribution in [0.4, 0.5) is 0 Å². The second-order valence-electron chi connectivity index (χ2n) is 5.86. The molecule has 0 spiro atoms. The van der Waals surface area contributed by atoms with Gasteiger partial charge in [-0.15, -0.1) is 0 Å². The third-order valence-corrected chi connectivity index (χ3v) is 3.89. The number of rotatable bonds is 16. The van der Waals surface area contributed by atoms with Crippen LogP contribution in [-0.2, 0) is 0 Å². The zero-order chi connectivity index (χ0) is 14.9. The molecule has 0 saturated heterocycles. The highest BCUT2D eigenvalue weighted by molar-refractivity contribution is 4.49. The Balaban J connectivity index is 2.96. The fourth-order valence-corrected chi connectivity index (χ4v) is 2.57. The Bertz CT molecular complexity index is 173. The first-order valence-electron chi connectivity index (χ1n) is 9.42. The molecule has 0 aromatic carbocycles. The first kappa shape index (κ1) is 17.0. The highest BCUT2D eigenvalue weighted by Gasteiger charge is 1.94. The van der Waals surface area contributed by atoms with E-state index in [0.29, 0.717) is 0 Å². The molecule has 0 aromatic heterocycles. The summed E-state index contributed by atoms with van der Waals surface area (Å²) in [6.45, 7) is 2.30. The lowest BCUT2D eigenvalue weighted by molar-refractivity contribution is 0.282. The fraction of sp³-hybridized carbons (Fsp3) is 1.00. The molecule has 1 nitrogen and oxygen atoms in total. The largest absolute Gasteiger partial charge is 0.396 e. The van der Waals surface area contributed by atoms with Crippen LogP contribution >= 0.6 is 0 Å². The maximum absolute atomic E-state index is 8.75. The molecule has 1 N–H and O–H groups in total. The summed E-state index contributed by atoms with van der Waals surface area (Å²) in [7, 11) is 0. The molecule has 0 heterocycles. The maximum atomic E-state index is 8.75. The molecule has 1 unspecified atom stereocenters. The van der Waals surface area contributed by atoms with Crippen molar-refractivity contribution in [3.05, 3.63) is 0 Å². The number of aliphatic hydroxyl groups is 1. The van der Waals surface area contributed by atoms with Gasteiger partial charge in [0, 0.05) is 7.98 Å². The first-order valence-corrected chi connectivity index (χ1v) is 8.84. The molecule has 0 aromatic rings. The summed E-state index contributed by atoms with van der Waals surface area (Å²) in [5.74, 6) is 0. The van der Waals surface area contributed by atoms with Crippen molar-refractivity contribution in [1.29, 1.82) is 0 Å². The molecule has 0 rings (SSSR count). The molecular weight excluding hydrogens is 232 g/mol. The Kier molecular flexibility index (Phi) is 16.1. The maximum Gasteiger partial charge on any atom is 0.0431 e. The number of unbranched alkanes of at least 4 members (excludes halogenated alkanes) is 13. The van der Waals surface area contributed by atoms with E-state index < -0.39 is 0 Å². The van der Waals surface area contributed by atoms with Crippen LogP contribution in [0.25, 0.3) is 0 Å². The van der Waals surface area contributed by atoms with Gasteiger partial charge in [-0.3, -0.25) is 0 Å². The predicted molar refractivity (Wildman–Crippen MR) is 86.6 cm³/mol. The smallest absolute Gasteiger partial charge is 0.0431 e. The molecule has 0 fully saturated rings. The van der Waals surface area contributed by atoms with Gasteiger partial charge in [0.05, 0.1) is 0 Å². The van der Waals surface area contributed by atoms with Crippen LogP contribution in [0.5, 0.6) is 0 Å². The Morgan fingerprint density at radius 1 is 0.579 bits per heavy atom. The van der Waals surface area contributed by atoms with Crippen molar-refractivity contribution >= 4 is 0 Å². The van der Waals surface area contributed by atoms with Crippen molar-refractivity contribution in [2.45, 2.75) is 110 Å². The lowest BCUT2D eigenvalue weighted by Gasteiger charge is -2.03. The van der Waals surface area contributed by atoms with Crippen molar-refractivity contribution in [3.8, 4) is 0 Å². The molecule has 0 radical (unpaired) electrons. The van der Waals surface area contributed by atoms with E-state index in [9.17, 15) is 0 Å². The van der Waals surface area contributed by atoms with Crippen LogP contribution in [0, 0.1) is 0 Å². The summed E-state index contributed by atoms with van der Waals surface area (Å²) in [6, 6.07) is 0. The zero-order valence-corrected chi connectivity index (χ0v) is 13.3. The van der Waals surface area contributed by atoms with Gasteiger partial charge >= 0.3 is 0 Å². The highest BCUT2D eigenvalue weighted by atomic mass is 16.2. The Labute approximate surface area is 123 Å². The van der Waals surface area contributed by atoms with Gasteiger partial charge in [-0.1, -0.05) is 103 Å². The van der Waals surface area contributed by atoms with Crippen LogP contribution in [0.15, 0.2) is 0 Å². The third kappa shape index (κ3) is 18.0. The molecule has 19 heavy (non-hydrogen) atoms. The Morgan fingerprint density at radius 2 is 0.895 bits per heavy atom. The minimum absolute atomic E-state index is 0.0262. The van der Waals surface area contributed by atoms with Crippen LogP contribution < -0.4 is 0 Å². The molecule has 116 valence electrons. The molecule has 0 bridgehead atoms. The Hall–Kier alpha value is -0.0400. The lowest BCUT2D eigenvalue weighted by Crippen LogP contribution is -1.85. The van der Waals surface area contributed by atoms with E-state index in [1.165, 1.54) is 83.5 Å². The van der Waals surface area contributed by atoms with Gasteiger partial charge in [-0.05, 0) is 6.40 Å². The topological polar surface area (TPSA) is 20.2 Å². The van der Waals surface area contributed by atoms with Gasteiger partial charge in [0.25, 0.3) is 0 Å². The standard InChI is InChI=1S/C18H38O/c1-2-3-4-5-6-7-8-9-10-11-12-13-14-15-16-17-18-19/h19H,2-18H2,1H3/i17D. The number of aliphatic hydroxyl groups excluding tert-OH is 1. The van der Waals surface area contributed by atoms with Crippen LogP contribution in [0.3, 0.4) is 0 Å². The first-order chi connectivity index (χ1) is 9.81. The van der Waals surface area contributed by atoms with Crippen molar-refractivity contribution in [3.63, 3.8) is 0 Å². The third-order valence-electron chi connectivity index (χ3n) is 3.89. The highest BCUT2D eigenvalue weighted by Crippen LogP contribution is 2.13. The molecular formula is C18H38O. The van der Waals surface area contributed by atoms with E-state index in [2.05, 4.69) is 6.92 Å². The van der Waals surface area contributed by atoms with Gasteiger partial charge in [-0.25, -0.2) is 0 Å². The second-order valence-corrected chi connectivity index (χ2v) is 5.86. The summed E-state index contributed by atoms with van der Waals surface area (Å²) in [5.41, 5.74) is 0. The van der Waals surface area contributed by atoms with E-state index in [4.69, 9.17) is 6.48 Å². The van der Waals surface area contributed by atoms with E-state index in [0.717, 1.165) is 12.8 Å². The van der Waals surface area contributed by atoms with Crippen molar-refractivity contribution in [1.82, 2.24) is 0 Å². The van der Waals surface area contributed by atoms with Crippen LogP contribution in [0.2, 0.25) is 0 Å². The quantitative estimate of drug-likeness (QED) is 0.329. The summed E-state index contributed by atoms with van der Waals surface area (Å²) < 4.78 is 7.43. The van der Waals surface area contributed by atoms with Gasteiger partial charge < -0.3 is 5.11 Å². The number of hydrogen-bond acceptors (Lipinski definition) is 1. The van der Waals surface area contributed by atoms with Crippen molar-refractivity contribution in [2.75, 3.05) is 6.61 Å². The minimum atomic E-state index is -0.243. The zero-order valence-electron chi connectivity index (χ0n) is 14.3. The van der Waals surface area contributed by atoms with Gasteiger partial charge in [-0.2, -0.15) is 0 Å². The second kappa shape index (κ2) is 18.0. The van der Waals surface area contributed by atoms with Crippen LogP contribution in [-0.4, -0.2) is 11.7 Å². The van der Waals surface area contributed by atoms with E-state index in [1.807, 2.05) is 0 Å². The van der Waals surface area contributed by atoms with Crippen molar-refractivity contribution in [2.24, 2.45) is 0 Å². The average molecular weight is 272 g/mol. The number of hydrogen-bond donors (Lipinski definition) is 1. The lowest BCUT2D eigenvalue weighted by atomic mass is 10.0. The molecule has 0 aliphatic heterocycles. The minimum Gasteiger partial charge on any atom is -0.396 e. The molecule has 0 aliphatic rings. The van der Waals surface area contributed by atoms with Gasteiger partial charge in [0.2, 0.25) is 0 Å². The molecule has 1 atom stereocenters. The van der Waals surface area contributed by atoms with E-state index in [1.54, 1.807) is 0 Å². The molecule has 0 amide bonds. The van der Waals surface area contributed by atoms with Crippen LogP contribution in [0.1, 0.15) is 111 Å². The summed E-state index contributed by atoms with van der Waals surface area (Å²) in [5, 5.41) is 8.75. The predicted octanol–water partition coefficient (Wildman–Crippen LogP) is 6.24.